The minimum atomic E-state index is -0.919. The average molecular weight is 678 g/mol. The molecule has 2 amide bonds. The first-order valence-corrected chi connectivity index (χ1v) is 15.2. The molecule has 42 heavy (non-hydrogen) atoms. The maximum Gasteiger partial charge on any atom is 0.355 e. The second-order valence-electron chi connectivity index (χ2n) is 9.03. The highest BCUT2D eigenvalue weighted by molar-refractivity contribution is 9.18. The molecule has 1 unspecified atom stereocenters. The van der Waals surface area contributed by atoms with Crippen LogP contribution in [0.1, 0.15) is 17.7 Å². The van der Waals surface area contributed by atoms with Crippen molar-refractivity contribution in [2.75, 3.05) is 25.7 Å². The molecule has 3 N–H and O–H groups in total. The monoisotopic (exact) mass is 676 g/mol. The van der Waals surface area contributed by atoms with E-state index in [2.05, 4.69) is 36.5 Å². The predicted octanol–water partition coefficient (Wildman–Crippen LogP) is 2.54. The Balaban J connectivity index is 1.35. The number of hydrogen-bond acceptors (Lipinski definition) is 13. The number of hydrogen-bond donors (Lipinski definition) is 2. The highest BCUT2D eigenvalue weighted by Gasteiger charge is 2.54. The number of carbonyl (C=O) groups excluding carboxylic acids is 3. The molecule has 1 aromatic carbocycles. The molecule has 13 nitrogen and oxygen atoms in total. The van der Waals surface area contributed by atoms with Crippen LogP contribution in [0.2, 0.25) is 0 Å². The fourth-order valence-corrected chi connectivity index (χ4v) is 6.56. The lowest BCUT2D eigenvalue weighted by molar-refractivity contribution is -0.153. The Morgan fingerprint density at radius 2 is 2.10 bits per heavy atom. The number of methoxy groups -OCH3 is 1. The van der Waals surface area contributed by atoms with E-state index in [1.165, 1.54) is 23.8 Å². The van der Waals surface area contributed by atoms with Crippen molar-refractivity contribution >= 4 is 72.3 Å². The number of benzene rings is 1. The van der Waals surface area contributed by atoms with Gasteiger partial charge in [0.15, 0.2) is 16.9 Å². The van der Waals surface area contributed by atoms with Crippen molar-refractivity contribution in [3.63, 3.8) is 0 Å². The van der Waals surface area contributed by atoms with Crippen molar-refractivity contribution in [3.8, 4) is 5.75 Å². The van der Waals surface area contributed by atoms with Gasteiger partial charge in [-0.3, -0.25) is 14.5 Å². The molecule has 5 rings (SSSR count). The molecule has 1 saturated heterocycles. The van der Waals surface area contributed by atoms with E-state index in [0.29, 0.717) is 28.1 Å². The van der Waals surface area contributed by atoms with Gasteiger partial charge < -0.3 is 30.2 Å². The molecular weight excluding hydrogens is 652 g/mol. The van der Waals surface area contributed by atoms with Crippen molar-refractivity contribution in [2.24, 2.45) is 10.3 Å². The number of fused-ring (bicyclic) bond motifs is 1. The Labute approximate surface area is 256 Å². The van der Waals surface area contributed by atoms with Gasteiger partial charge in [-0.25, -0.2) is 9.78 Å². The highest BCUT2D eigenvalue weighted by atomic mass is 79.9. The predicted molar refractivity (Wildman–Crippen MR) is 160 cm³/mol. The fourth-order valence-electron chi connectivity index (χ4n) is 4.29. The molecule has 1 fully saturated rings. The number of β-lactam (4-membered cyclic amide) rings is 1. The van der Waals surface area contributed by atoms with Crippen LogP contribution in [0, 0.1) is 0 Å². The van der Waals surface area contributed by atoms with E-state index in [-0.39, 0.29) is 34.9 Å². The Morgan fingerprint density at radius 3 is 2.74 bits per heavy atom. The SMILES string of the molecule is CO/N=C(\C(=O)N[C@@H]1C(=O)N2C(C(=O)OCc3ccc(OC)cc3)=C(/C=C/C3CC(Br)=NO3)CS[C@H]12)c1csc(N)n1. The smallest absolute Gasteiger partial charge is 0.355 e. The zero-order chi connectivity index (χ0) is 29.8. The number of nitrogen functional groups attached to an aromatic ring is 1. The van der Waals surface area contributed by atoms with Crippen molar-refractivity contribution in [3.05, 3.63) is 64.3 Å². The summed E-state index contributed by atoms with van der Waals surface area (Å²) in [6, 6.07) is 6.17. The third-order valence-corrected chi connectivity index (χ3v) is 8.78. The number of aromatic nitrogens is 1. The van der Waals surface area contributed by atoms with Crippen molar-refractivity contribution < 1.29 is 33.5 Å². The minimum Gasteiger partial charge on any atom is -0.497 e. The van der Waals surface area contributed by atoms with Gasteiger partial charge in [0, 0.05) is 17.6 Å². The Morgan fingerprint density at radius 1 is 1.31 bits per heavy atom. The average Bonchev–Trinajstić information content (AvgIpc) is 3.63. The quantitative estimate of drug-likeness (QED) is 0.165. The second kappa shape index (κ2) is 13.0. The molecule has 220 valence electrons. The van der Waals surface area contributed by atoms with E-state index in [9.17, 15) is 14.4 Å². The number of nitrogens with zero attached hydrogens (tertiary/aromatic N) is 4. The third-order valence-electron chi connectivity index (χ3n) is 6.34. The summed E-state index contributed by atoms with van der Waals surface area (Å²) in [6.45, 7) is -0.0105. The highest BCUT2D eigenvalue weighted by Crippen LogP contribution is 2.41. The largest absolute Gasteiger partial charge is 0.497 e. The first kappa shape index (κ1) is 29.6. The van der Waals surface area contributed by atoms with Crippen molar-refractivity contribution in [1.82, 2.24) is 15.2 Å². The van der Waals surface area contributed by atoms with Crippen LogP contribution in [0.25, 0.3) is 0 Å². The number of oxime groups is 2. The number of allylic oxidation sites excluding steroid dienone is 1. The lowest BCUT2D eigenvalue weighted by Crippen LogP contribution is -2.71. The number of halogens is 1. The summed E-state index contributed by atoms with van der Waals surface area (Å²) in [7, 11) is 2.86. The van der Waals surface area contributed by atoms with Crippen LogP contribution in [0.4, 0.5) is 5.13 Å². The van der Waals surface area contributed by atoms with Gasteiger partial charge in [-0.1, -0.05) is 28.5 Å². The zero-order valence-electron chi connectivity index (χ0n) is 22.3. The number of nitrogens with two attached hydrogens (primary N) is 1. The number of ether oxygens (including phenoxy) is 2. The normalized spacial score (nSPS) is 21.8. The number of thioether (sulfide) groups is 1. The van der Waals surface area contributed by atoms with Crippen molar-refractivity contribution in [1.29, 1.82) is 0 Å². The van der Waals surface area contributed by atoms with Gasteiger partial charge in [0.25, 0.3) is 11.8 Å². The first-order valence-electron chi connectivity index (χ1n) is 12.5. The van der Waals surface area contributed by atoms with Gasteiger partial charge in [0.1, 0.15) is 46.9 Å². The fraction of sp³-hybridized carbons (Fsp3) is 0.308. The molecule has 0 bridgehead atoms. The van der Waals surface area contributed by atoms with Crippen LogP contribution >= 0.6 is 39.0 Å². The molecule has 0 aliphatic carbocycles. The van der Waals surface area contributed by atoms with Crippen molar-refractivity contribution in [2.45, 2.75) is 30.5 Å². The molecule has 2 aromatic rings. The topological polar surface area (TPSA) is 167 Å². The summed E-state index contributed by atoms with van der Waals surface area (Å²) >= 11 is 5.84. The number of esters is 1. The molecule has 3 aliphatic rings. The van der Waals surface area contributed by atoms with Gasteiger partial charge in [-0.2, -0.15) is 0 Å². The molecule has 1 aromatic heterocycles. The lowest BCUT2D eigenvalue weighted by atomic mass is 10.0. The molecule has 0 radical (unpaired) electrons. The Kier molecular flexibility index (Phi) is 9.13. The number of carbonyl (C=O) groups is 3. The van der Waals surface area contributed by atoms with E-state index in [1.54, 1.807) is 48.9 Å². The summed E-state index contributed by atoms with van der Waals surface area (Å²) in [5, 5.41) is 11.6. The van der Waals surface area contributed by atoms with Gasteiger partial charge in [-0.05, 0) is 45.3 Å². The van der Waals surface area contributed by atoms with Crippen LogP contribution < -0.4 is 15.8 Å². The molecule has 16 heteroatoms. The number of anilines is 1. The van der Waals surface area contributed by atoms with Gasteiger partial charge in [0.2, 0.25) is 0 Å². The summed E-state index contributed by atoms with van der Waals surface area (Å²) in [5.74, 6) is -0.754. The van der Waals surface area contributed by atoms with Crippen LogP contribution in [0.3, 0.4) is 0 Å². The molecule has 3 atom stereocenters. The second-order valence-corrected chi connectivity index (χ2v) is 11.9. The molecule has 0 spiro atoms. The minimum absolute atomic E-state index is 0.0105. The van der Waals surface area contributed by atoms with Crippen LogP contribution in [0.5, 0.6) is 5.75 Å². The maximum atomic E-state index is 13.5. The molecule has 3 aliphatic heterocycles. The van der Waals surface area contributed by atoms with Gasteiger partial charge in [0.05, 0.1) is 7.11 Å². The summed E-state index contributed by atoms with van der Waals surface area (Å²) in [4.78, 5) is 55.6. The van der Waals surface area contributed by atoms with Crippen LogP contribution in [-0.2, 0) is 35.4 Å². The Hall–Kier alpha value is -3.89. The number of thiazole rings is 1. The number of rotatable bonds is 10. The summed E-state index contributed by atoms with van der Waals surface area (Å²) in [6.07, 6.45) is 3.75. The van der Waals surface area contributed by atoms with E-state index >= 15 is 0 Å². The van der Waals surface area contributed by atoms with E-state index in [1.807, 2.05) is 0 Å². The Bertz CT molecular complexity index is 1510. The summed E-state index contributed by atoms with van der Waals surface area (Å²) in [5.41, 5.74) is 7.24. The lowest BCUT2D eigenvalue weighted by Gasteiger charge is -2.49. The maximum absolute atomic E-state index is 13.5. The number of nitrogens with one attached hydrogen (secondary N) is 1. The standard InChI is InChI=1S/C26H25BrN6O7S2/c1-37-15-6-3-13(4-7-15)10-39-25(36)21-14(5-8-16-9-18(27)31-40-16)11-41-24-20(23(35)33(21)24)30-22(34)19(32-38-2)17-12-42-26(28)29-17/h3-8,12,16,20,24H,9-11H2,1-2H3,(H2,28,29)(H,30,34)/b8-5+,32-19-/t16?,20-,24-/m1/s1. The van der Waals surface area contributed by atoms with Gasteiger partial charge in [-0.15, -0.1) is 23.1 Å². The van der Waals surface area contributed by atoms with E-state index in [0.717, 1.165) is 16.9 Å². The molecule has 0 saturated carbocycles. The zero-order valence-corrected chi connectivity index (χ0v) is 25.5. The summed E-state index contributed by atoms with van der Waals surface area (Å²) < 4.78 is 11.5. The molecular formula is C26H25BrN6O7S2. The van der Waals surface area contributed by atoms with Crippen LogP contribution in [0.15, 0.2) is 63.4 Å². The molecule has 4 heterocycles. The van der Waals surface area contributed by atoms with Gasteiger partial charge >= 0.3 is 5.97 Å². The first-order chi connectivity index (χ1) is 20.3. The van der Waals surface area contributed by atoms with E-state index < -0.39 is 29.2 Å². The number of amides is 2. The van der Waals surface area contributed by atoms with Crippen LogP contribution in [-0.4, -0.2) is 75.5 Å². The van der Waals surface area contributed by atoms with E-state index in [4.69, 9.17) is 24.9 Å². The third kappa shape index (κ3) is 6.29.